The Balaban J connectivity index is 1.28. The van der Waals surface area contributed by atoms with Crippen molar-refractivity contribution >= 4 is 5.91 Å². The quantitative estimate of drug-likeness (QED) is 0.921. The lowest BCUT2D eigenvalue weighted by molar-refractivity contribution is 0.0884. The Kier molecular flexibility index (Phi) is 4.54. The van der Waals surface area contributed by atoms with Gasteiger partial charge in [-0.1, -0.05) is 6.07 Å². The van der Waals surface area contributed by atoms with E-state index in [4.69, 9.17) is 9.47 Å². The maximum absolute atomic E-state index is 12.4. The standard InChI is InChI=1S/C18H22N4O3/c23-18(15-12-17-22(21-15)10-3-11-24-17)20-13-5-7-14(8-6-13)25-16-4-1-2-9-19-16/h1-2,4,9,12-14H,3,5-8,10-11H2,(H,20,23). The molecule has 4 rings (SSSR count). The van der Waals surface area contributed by atoms with Crippen molar-refractivity contribution in [3.63, 3.8) is 0 Å². The van der Waals surface area contributed by atoms with Crippen molar-refractivity contribution in [2.24, 2.45) is 0 Å². The van der Waals surface area contributed by atoms with Crippen molar-refractivity contribution in [2.45, 2.75) is 50.8 Å². The molecule has 3 heterocycles. The molecule has 1 saturated carbocycles. The van der Waals surface area contributed by atoms with E-state index >= 15 is 0 Å². The highest BCUT2D eigenvalue weighted by molar-refractivity contribution is 5.92. The third-order valence-electron chi connectivity index (χ3n) is 4.67. The molecule has 0 unspecified atom stereocenters. The Morgan fingerprint density at radius 2 is 2.16 bits per heavy atom. The summed E-state index contributed by atoms with van der Waals surface area (Å²) >= 11 is 0. The first-order chi connectivity index (χ1) is 12.3. The van der Waals surface area contributed by atoms with E-state index in [2.05, 4.69) is 15.4 Å². The number of nitrogens with one attached hydrogen (secondary N) is 1. The second-order valence-corrected chi connectivity index (χ2v) is 6.53. The monoisotopic (exact) mass is 342 g/mol. The van der Waals surface area contributed by atoms with Crippen LogP contribution < -0.4 is 14.8 Å². The first-order valence-electron chi connectivity index (χ1n) is 8.87. The first kappa shape index (κ1) is 15.9. The molecule has 0 spiro atoms. The van der Waals surface area contributed by atoms with Gasteiger partial charge in [-0.3, -0.25) is 4.79 Å². The van der Waals surface area contributed by atoms with Gasteiger partial charge >= 0.3 is 0 Å². The number of ether oxygens (including phenoxy) is 2. The van der Waals surface area contributed by atoms with Gasteiger partial charge in [-0.15, -0.1) is 0 Å². The highest BCUT2D eigenvalue weighted by Gasteiger charge is 2.25. The summed E-state index contributed by atoms with van der Waals surface area (Å²) in [5.41, 5.74) is 0.434. The van der Waals surface area contributed by atoms with Gasteiger partial charge in [0.15, 0.2) is 5.69 Å². The molecule has 2 aliphatic rings. The molecule has 2 aromatic heterocycles. The van der Waals surface area contributed by atoms with Crippen molar-refractivity contribution in [1.29, 1.82) is 0 Å². The molecule has 132 valence electrons. The lowest BCUT2D eigenvalue weighted by Gasteiger charge is -2.29. The summed E-state index contributed by atoms with van der Waals surface area (Å²) in [6.45, 7) is 1.49. The minimum absolute atomic E-state index is 0.125. The largest absolute Gasteiger partial charge is 0.478 e. The molecule has 1 aliphatic heterocycles. The third-order valence-corrected chi connectivity index (χ3v) is 4.67. The van der Waals surface area contributed by atoms with Crippen molar-refractivity contribution in [3.05, 3.63) is 36.2 Å². The molecule has 1 amide bonds. The Bertz CT molecular complexity index is 700. The summed E-state index contributed by atoms with van der Waals surface area (Å²) in [6.07, 6.45) is 6.43. The smallest absolute Gasteiger partial charge is 0.272 e. The maximum Gasteiger partial charge on any atom is 0.272 e. The van der Waals surface area contributed by atoms with Crippen LogP contribution in [-0.2, 0) is 6.54 Å². The SMILES string of the molecule is O=C(NC1CCC(Oc2ccccn2)CC1)c1cc2n(n1)CCCO2. The second-order valence-electron chi connectivity index (χ2n) is 6.53. The van der Waals surface area contributed by atoms with Crippen LogP contribution in [0.3, 0.4) is 0 Å². The third kappa shape index (κ3) is 3.75. The average molecular weight is 342 g/mol. The Morgan fingerprint density at radius 1 is 1.28 bits per heavy atom. The van der Waals surface area contributed by atoms with E-state index < -0.39 is 0 Å². The summed E-state index contributed by atoms with van der Waals surface area (Å²) in [6, 6.07) is 7.55. The predicted molar refractivity (Wildman–Crippen MR) is 90.7 cm³/mol. The van der Waals surface area contributed by atoms with Gasteiger partial charge in [0.25, 0.3) is 5.91 Å². The number of fused-ring (bicyclic) bond motifs is 1. The molecule has 7 heteroatoms. The van der Waals surface area contributed by atoms with Gasteiger partial charge < -0.3 is 14.8 Å². The lowest BCUT2D eigenvalue weighted by atomic mass is 9.93. The molecule has 25 heavy (non-hydrogen) atoms. The van der Waals surface area contributed by atoms with Crippen LogP contribution in [0.4, 0.5) is 0 Å². The van der Waals surface area contributed by atoms with Crippen LogP contribution >= 0.6 is 0 Å². The molecule has 2 aromatic rings. The van der Waals surface area contributed by atoms with E-state index in [1.807, 2.05) is 18.2 Å². The van der Waals surface area contributed by atoms with Crippen LogP contribution in [0.1, 0.15) is 42.6 Å². The van der Waals surface area contributed by atoms with E-state index in [1.54, 1.807) is 16.9 Å². The average Bonchev–Trinajstić information content (AvgIpc) is 3.09. The lowest BCUT2D eigenvalue weighted by Crippen LogP contribution is -2.40. The van der Waals surface area contributed by atoms with Crippen molar-refractivity contribution in [3.8, 4) is 11.8 Å². The molecule has 0 atom stereocenters. The molecule has 0 radical (unpaired) electrons. The fourth-order valence-electron chi connectivity index (χ4n) is 3.35. The molecular formula is C18H22N4O3. The van der Waals surface area contributed by atoms with Gasteiger partial charge in [0.05, 0.1) is 6.61 Å². The van der Waals surface area contributed by atoms with Crippen LogP contribution in [0.15, 0.2) is 30.5 Å². The number of rotatable bonds is 4. The number of aromatic nitrogens is 3. The number of hydrogen-bond donors (Lipinski definition) is 1. The predicted octanol–water partition coefficient (Wildman–Crippen LogP) is 2.18. The zero-order chi connectivity index (χ0) is 17.1. The Morgan fingerprint density at radius 3 is 2.92 bits per heavy atom. The summed E-state index contributed by atoms with van der Waals surface area (Å²) in [7, 11) is 0. The zero-order valence-corrected chi connectivity index (χ0v) is 14.1. The van der Waals surface area contributed by atoms with Crippen molar-refractivity contribution in [2.75, 3.05) is 6.61 Å². The molecule has 1 N–H and O–H groups in total. The molecule has 1 fully saturated rings. The number of pyridine rings is 1. The minimum atomic E-state index is -0.125. The molecule has 0 saturated heterocycles. The van der Waals surface area contributed by atoms with Crippen molar-refractivity contribution in [1.82, 2.24) is 20.1 Å². The van der Waals surface area contributed by atoms with E-state index in [0.717, 1.165) is 38.6 Å². The summed E-state index contributed by atoms with van der Waals surface area (Å²) in [4.78, 5) is 16.6. The van der Waals surface area contributed by atoms with E-state index in [-0.39, 0.29) is 18.1 Å². The van der Waals surface area contributed by atoms with Gasteiger partial charge in [0.1, 0.15) is 6.10 Å². The summed E-state index contributed by atoms with van der Waals surface area (Å²) < 4.78 is 13.2. The van der Waals surface area contributed by atoms with E-state index in [1.165, 1.54) is 0 Å². The summed E-state index contributed by atoms with van der Waals surface area (Å²) in [5, 5.41) is 7.42. The van der Waals surface area contributed by atoms with Crippen LogP contribution in [0.2, 0.25) is 0 Å². The molecule has 1 aliphatic carbocycles. The highest BCUT2D eigenvalue weighted by Crippen LogP contribution is 2.23. The van der Waals surface area contributed by atoms with Gasteiger partial charge in [-0.05, 0) is 31.7 Å². The van der Waals surface area contributed by atoms with Crippen LogP contribution in [-0.4, -0.2) is 39.4 Å². The first-order valence-corrected chi connectivity index (χ1v) is 8.87. The van der Waals surface area contributed by atoms with E-state index in [0.29, 0.717) is 24.1 Å². The molecule has 0 aromatic carbocycles. The van der Waals surface area contributed by atoms with Gasteiger partial charge in [-0.25, -0.2) is 9.67 Å². The normalized spacial score (nSPS) is 22.6. The zero-order valence-electron chi connectivity index (χ0n) is 14.1. The number of amides is 1. The fraction of sp³-hybridized carbons (Fsp3) is 0.500. The molecular weight excluding hydrogens is 320 g/mol. The number of aryl methyl sites for hydroxylation is 1. The number of carbonyl (C=O) groups is 1. The highest BCUT2D eigenvalue weighted by atomic mass is 16.5. The fourth-order valence-corrected chi connectivity index (χ4v) is 3.35. The van der Waals surface area contributed by atoms with Gasteiger partial charge in [0.2, 0.25) is 11.8 Å². The van der Waals surface area contributed by atoms with Crippen LogP contribution in [0, 0.1) is 0 Å². The number of carbonyl (C=O) groups excluding carboxylic acids is 1. The maximum atomic E-state index is 12.4. The van der Waals surface area contributed by atoms with Crippen LogP contribution in [0.25, 0.3) is 0 Å². The Hall–Kier alpha value is -2.57. The topological polar surface area (TPSA) is 78.3 Å². The second kappa shape index (κ2) is 7.13. The molecule has 7 nitrogen and oxygen atoms in total. The van der Waals surface area contributed by atoms with Gasteiger partial charge in [-0.2, -0.15) is 5.10 Å². The van der Waals surface area contributed by atoms with E-state index in [9.17, 15) is 4.79 Å². The van der Waals surface area contributed by atoms with Crippen molar-refractivity contribution < 1.29 is 14.3 Å². The minimum Gasteiger partial charge on any atom is -0.478 e. The number of hydrogen-bond acceptors (Lipinski definition) is 5. The molecule has 0 bridgehead atoms. The Labute approximate surface area is 146 Å². The number of nitrogens with zero attached hydrogens (tertiary/aromatic N) is 3. The summed E-state index contributed by atoms with van der Waals surface area (Å²) in [5.74, 6) is 1.22. The van der Waals surface area contributed by atoms with Gasteiger partial charge in [0, 0.05) is 37.3 Å². The van der Waals surface area contributed by atoms with Crippen LogP contribution in [0.5, 0.6) is 11.8 Å².